The van der Waals surface area contributed by atoms with E-state index in [1.807, 2.05) is 101 Å². The molecule has 0 bridgehead atoms. The highest BCUT2D eigenvalue weighted by atomic mass is 16.5. The third-order valence-electron chi connectivity index (χ3n) is 15.4. The van der Waals surface area contributed by atoms with Crippen molar-refractivity contribution in [1.29, 1.82) is 0 Å². The fraction of sp³-hybridized carbons (Fsp3) is 0.338. The number of aliphatic hydroxyl groups is 1. The number of methoxy groups -OCH3 is 1. The first-order valence-electron chi connectivity index (χ1n) is 28.9. The van der Waals surface area contributed by atoms with Crippen molar-refractivity contribution in [3.05, 3.63) is 192 Å². The molecule has 0 saturated carbocycles. The maximum Gasteiger partial charge on any atom is 0.357 e. The second-order valence-electron chi connectivity index (χ2n) is 21.5. The summed E-state index contributed by atoms with van der Waals surface area (Å²) in [6, 6.07) is 22.2. The van der Waals surface area contributed by atoms with Crippen molar-refractivity contribution in [1.82, 2.24) is 39.5 Å². The Balaban J connectivity index is 0.797. The Morgan fingerprint density at radius 2 is 1.48 bits per heavy atom. The molecule has 11 rings (SSSR count). The number of pyridine rings is 1. The zero-order chi connectivity index (χ0) is 56.9. The average Bonchev–Trinajstić information content (AvgIpc) is 4.10. The highest BCUT2D eigenvalue weighted by Gasteiger charge is 2.26. The molecule has 5 N–H and O–H groups in total. The topological polar surface area (TPSA) is 185 Å². The molecule has 1 atom stereocenters. The van der Waals surface area contributed by atoms with Crippen LogP contribution >= 0.6 is 0 Å². The van der Waals surface area contributed by atoms with Crippen LogP contribution in [0.2, 0.25) is 0 Å². The summed E-state index contributed by atoms with van der Waals surface area (Å²) in [5.41, 5.74) is 9.56. The Bertz CT molecular complexity index is 3550. The number of fused-ring (bicyclic) bond motifs is 2. The van der Waals surface area contributed by atoms with Crippen LogP contribution in [0.4, 0.5) is 17.3 Å². The van der Waals surface area contributed by atoms with Crippen LogP contribution in [0.3, 0.4) is 0 Å². The number of anilines is 3. The number of rotatable bonds is 20. The molecule has 2 aliphatic carbocycles. The lowest BCUT2D eigenvalue weighted by atomic mass is 10.0. The summed E-state index contributed by atoms with van der Waals surface area (Å²) >= 11 is 0. The second-order valence-corrected chi connectivity index (χ2v) is 21.5. The highest BCUT2D eigenvalue weighted by Crippen LogP contribution is 2.30. The van der Waals surface area contributed by atoms with Gasteiger partial charge in [0.1, 0.15) is 48.2 Å². The van der Waals surface area contributed by atoms with Gasteiger partial charge in [0.05, 0.1) is 49.3 Å². The lowest BCUT2D eigenvalue weighted by Gasteiger charge is -2.35. The van der Waals surface area contributed by atoms with Crippen molar-refractivity contribution in [3.8, 4) is 5.82 Å². The Labute approximate surface area is 485 Å². The number of benzene rings is 2. The molecule has 1 unspecified atom stereocenters. The number of aromatic nitrogens is 5. The molecule has 3 aliphatic heterocycles. The van der Waals surface area contributed by atoms with Crippen molar-refractivity contribution >= 4 is 56.3 Å². The van der Waals surface area contributed by atoms with Gasteiger partial charge >= 0.3 is 5.95 Å². The molecule has 2 saturated heterocycles. The van der Waals surface area contributed by atoms with Gasteiger partial charge in [0.2, 0.25) is 5.82 Å². The predicted molar refractivity (Wildman–Crippen MR) is 326 cm³/mol. The van der Waals surface area contributed by atoms with E-state index >= 15 is 0 Å². The van der Waals surface area contributed by atoms with E-state index < -0.39 is 6.23 Å². The quantitative estimate of drug-likeness (QED) is 0.0360. The molecule has 430 valence electrons. The molecule has 2 aromatic carbocycles. The van der Waals surface area contributed by atoms with E-state index in [2.05, 4.69) is 104 Å². The van der Waals surface area contributed by atoms with Crippen LogP contribution in [-0.4, -0.2) is 156 Å². The number of piperazine rings is 2. The number of hydrogen-bond donors (Lipinski definition) is 5. The number of carbonyl (C=O) groups excluding carboxylic acids is 1. The first-order valence-corrected chi connectivity index (χ1v) is 28.9. The van der Waals surface area contributed by atoms with Gasteiger partial charge in [0.25, 0.3) is 5.91 Å². The number of likely N-dealkylation sites (N-methyl/N-ethyl adjacent to an activating group) is 2. The van der Waals surface area contributed by atoms with Crippen molar-refractivity contribution in [2.24, 2.45) is 4.99 Å². The SMILES string of the molecule is COCCOCCOC1=CC=CCCC(c2cc[n+](-c3ccc(COC4=CC=CCC(C5=NC(Nc6ccc7[nH]c(C(=O)N8CCN(C)CC8)cc7c6)=CCCC=C5)=C4)cn3)c(Nc3ccc4[nH]c(C(O)N5CCN(C)CC5)cc4c3)n2)=C1. The summed E-state index contributed by atoms with van der Waals surface area (Å²) in [7, 11) is 5.86. The number of H-pyrrole nitrogens is 2. The van der Waals surface area contributed by atoms with Gasteiger partial charge in [-0.1, -0.05) is 30.4 Å². The zero-order valence-corrected chi connectivity index (χ0v) is 47.7. The van der Waals surface area contributed by atoms with Crippen LogP contribution in [0.5, 0.6) is 0 Å². The second kappa shape index (κ2) is 27.2. The molecule has 18 nitrogen and oxygen atoms in total. The number of aromatic amines is 2. The van der Waals surface area contributed by atoms with E-state index in [-0.39, 0.29) is 5.91 Å². The first kappa shape index (κ1) is 56.6. The molecule has 7 heterocycles. The van der Waals surface area contributed by atoms with Crippen LogP contribution in [0.25, 0.3) is 33.2 Å². The van der Waals surface area contributed by atoms with Crippen LogP contribution in [0.15, 0.2) is 174 Å². The van der Waals surface area contributed by atoms with Crippen molar-refractivity contribution < 1.29 is 33.4 Å². The van der Waals surface area contributed by atoms with E-state index in [0.717, 1.165) is 157 Å². The summed E-state index contributed by atoms with van der Waals surface area (Å²) in [5.74, 6) is 3.48. The van der Waals surface area contributed by atoms with Gasteiger partial charge in [-0.3, -0.25) is 15.0 Å². The molecule has 0 spiro atoms. The van der Waals surface area contributed by atoms with Crippen molar-refractivity contribution in [2.45, 2.75) is 44.9 Å². The lowest BCUT2D eigenvalue weighted by Crippen LogP contribution is -2.47. The highest BCUT2D eigenvalue weighted by molar-refractivity contribution is 6.09. The monoisotopic (exact) mass is 1120 g/mol. The molecule has 5 aliphatic rings. The largest absolute Gasteiger partial charge is 0.491 e. The van der Waals surface area contributed by atoms with Crippen LogP contribution in [-0.2, 0) is 25.6 Å². The first-order chi connectivity index (χ1) is 40.7. The molecule has 6 aromatic rings. The minimum Gasteiger partial charge on any atom is -0.491 e. The van der Waals surface area contributed by atoms with Gasteiger partial charge in [-0.05, 0) is 148 Å². The van der Waals surface area contributed by atoms with Crippen molar-refractivity contribution in [3.63, 3.8) is 0 Å². The summed E-state index contributed by atoms with van der Waals surface area (Å²) in [4.78, 5) is 44.2. The van der Waals surface area contributed by atoms with E-state index in [9.17, 15) is 9.90 Å². The third-order valence-corrected chi connectivity index (χ3v) is 15.4. The Morgan fingerprint density at radius 1 is 0.747 bits per heavy atom. The normalized spacial score (nSPS) is 18.0. The molecule has 83 heavy (non-hydrogen) atoms. The van der Waals surface area contributed by atoms with Crippen LogP contribution in [0, 0.1) is 0 Å². The summed E-state index contributed by atoms with van der Waals surface area (Å²) in [5, 5.41) is 20.5. The maximum absolute atomic E-state index is 13.4. The summed E-state index contributed by atoms with van der Waals surface area (Å²) in [6.45, 7) is 8.80. The molecule has 18 heteroatoms. The molecule has 4 aromatic heterocycles. The van der Waals surface area contributed by atoms with E-state index in [4.69, 9.17) is 33.9 Å². The molecule has 2 fully saturated rings. The Kier molecular flexibility index (Phi) is 18.6. The van der Waals surface area contributed by atoms with Gasteiger partial charge in [-0.15, -0.1) is 9.97 Å². The Hall–Kier alpha value is -8.23. The average molecular weight is 1120 g/mol. The third kappa shape index (κ3) is 14.7. The molecular formula is C65H75N12O6+. The molecule has 1 amide bonds. The number of hydrogen-bond acceptors (Lipinski definition) is 14. The number of nitrogens with one attached hydrogen (secondary N) is 4. The number of aliphatic imine (C=N–C) groups is 1. The number of aliphatic hydroxyl groups excluding tert-OH is 1. The maximum atomic E-state index is 13.4. The van der Waals surface area contributed by atoms with E-state index in [1.165, 1.54) is 0 Å². The summed E-state index contributed by atoms with van der Waals surface area (Å²) in [6.07, 6.45) is 30.0. The molecular weight excluding hydrogens is 1040 g/mol. The number of amides is 1. The predicted octanol–water partition coefficient (Wildman–Crippen LogP) is 9.41. The number of carbonyl (C=O) groups is 1. The van der Waals surface area contributed by atoms with Crippen LogP contribution in [0.1, 0.15) is 65.8 Å². The fourth-order valence-corrected chi connectivity index (χ4v) is 10.5. The zero-order valence-electron chi connectivity index (χ0n) is 47.7. The number of ether oxygens (including phenoxy) is 4. The number of nitrogens with zero attached hydrogens (tertiary/aromatic N) is 8. The van der Waals surface area contributed by atoms with Gasteiger partial charge in [0.15, 0.2) is 0 Å². The smallest absolute Gasteiger partial charge is 0.357 e. The minimum absolute atomic E-state index is 0.0353. The van der Waals surface area contributed by atoms with E-state index in [1.54, 1.807) is 7.11 Å². The fourth-order valence-electron chi connectivity index (χ4n) is 10.5. The molecule has 0 radical (unpaired) electrons. The van der Waals surface area contributed by atoms with E-state index in [0.29, 0.717) is 62.7 Å². The lowest BCUT2D eigenvalue weighted by molar-refractivity contribution is -0.587. The van der Waals surface area contributed by atoms with Crippen molar-refractivity contribution in [2.75, 3.05) is 111 Å². The number of allylic oxidation sites excluding steroid dienone is 13. The Morgan fingerprint density at radius 3 is 2.28 bits per heavy atom. The summed E-state index contributed by atoms with van der Waals surface area (Å²) < 4.78 is 25.4. The van der Waals surface area contributed by atoms with Gasteiger partial charge < -0.3 is 54.0 Å². The standard InChI is InChI=1S/C65H74N12O6/c1-73-26-30-75(31-27-73)63(78)59-42-49-38-51(19-21-56(49)69-59)67-61-17-9-5-8-16-55(71-61)47-13-10-11-15-54(41-47)83-45-46-18-23-62(66-44-46)77-25-24-58(48-12-6-4-7-14-53(40-48)82-37-36-81-35-34-80-3)72-65(77)68-52-20-22-57-50(39-52)43-60(70-57)64(79)76-32-28-74(2)29-33-76/h4,7-8,10-11,14-25,38-44,64,67,70,79H,5-6,9,12-13,26-37,45H2,1-3H3,(H,69,78)/p+1. The van der Waals surface area contributed by atoms with Gasteiger partial charge in [-0.25, -0.2) is 4.99 Å². The van der Waals surface area contributed by atoms with Crippen LogP contribution < -0.4 is 15.2 Å². The van der Waals surface area contributed by atoms with Gasteiger partial charge in [0, 0.05) is 105 Å². The minimum atomic E-state index is -0.722. The van der Waals surface area contributed by atoms with Gasteiger partial charge in [-0.2, -0.15) is 4.57 Å².